The molecule has 1 amide bonds. The lowest BCUT2D eigenvalue weighted by atomic mass is 10.2. The molecule has 148 valence electrons. The zero-order chi connectivity index (χ0) is 20.4. The van der Waals surface area contributed by atoms with Crippen LogP contribution >= 0.6 is 11.6 Å². The maximum atomic E-state index is 11.8. The van der Waals surface area contributed by atoms with Crippen molar-refractivity contribution in [2.75, 3.05) is 27.4 Å². The van der Waals surface area contributed by atoms with Gasteiger partial charge in [0.1, 0.15) is 5.75 Å². The van der Waals surface area contributed by atoms with Gasteiger partial charge in [0.05, 0.1) is 25.5 Å². The Morgan fingerprint density at radius 2 is 1.86 bits per heavy atom. The second kappa shape index (κ2) is 10.8. The topological polar surface area (TPSA) is 95.5 Å². The van der Waals surface area contributed by atoms with Crippen molar-refractivity contribution in [2.24, 2.45) is 5.10 Å². The van der Waals surface area contributed by atoms with Crippen LogP contribution in [0.1, 0.15) is 5.56 Å². The summed E-state index contributed by atoms with van der Waals surface area (Å²) in [6.45, 7) is -0.483. The van der Waals surface area contributed by atoms with Gasteiger partial charge in [-0.1, -0.05) is 29.8 Å². The number of amides is 1. The fourth-order valence-electron chi connectivity index (χ4n) is 2.02. The molecule has 0 aliphatic heterocycles. The SMILES string of the molecule is COC(=O)COc1c(Cl)cc(/C=N\NC(=O)COc2ccccc2)cc1OC. The van der Waals surface area contributed by atoms with E-state index in [9.17, 15) is 9.59 Å². The second-order valence-electron chi connectivity index (χ2n) is 5.29. The predicted molar refractivity (Wildman–Crippen MR) is 103 cm³/mol. The number of esters is 1. The third-order valence-corrected chi connectivity index (χ3v) is 3.61. The van der Waals surface area contributed by atoms with E-state index in [1.165, 1.54) is 20.4 Å². The summed E-state index contributed by atoms with van der Waals surface area (Å²) in [4.78, 5) is 23.0. The number of hydrogen-bond acceptors (Lipinski definition) is 7. The minimum atomic E-state index is -0.552. The molecule has 0 atom stereocenters. The van der Waals surface area contributed by atoms with Crippen molar-refractivity contribution in [2.45, 2.75) is 0 Å². The molecule has 0 saturated heterocycles. The highest BCUT2D eigenvalue weighted by atomic mass is 35.5. The number of hydrogen-bond donors (Lipinski definition) is 1. The number of carbonyl (C=O) groups excluding carboxylic acids is 2. The Morgan fingerprint density at radius 3 is 2.54 bits per heavy atom. The summed E-state index contributed by atoms with van der Waals surface area (Å²) in [6, 6.07) is 12.1. The van der Waals surface area contributed by atoms with E-state index in [0.29, 0.717) is 17.1 Å². The van der Waals surface area contributed by atoms with Crippen molar-refractivity contribution in [3.05, 3.63) is 53.1 Å². The van der Waals surface area contributed by atoms with Crippen molar-refractivity contribution in [1.82, 2.24) is 5.43 Å². The van der Waals surface area contributed by atoms with Crippen molar-refractivity contribution in [3.63, 3.8) is 0 Å². The summed E-state index contributed by atoms with van der Waals surface area (Å²) in [7, 11) is 2.68. The van der Waals surface area contributed by atoms with Crippen LogP contribution in [-0.4, -0.2) is 45.5 Å². The quantitative estimate of drug-likeness (QED) is 0.390. The molecule has 0 heterocycles. The minimum absolute atomic E-state index is 0.175. The highest BCUT2D eigenvalue weighted by molar-refractivity contribution is 6.32. The van der Waals surface area contributed by atoms with Crippen molar-refractivity contribution >= 4 is 29.7 Å². The van der Waals surface area contributed by atoms with Gasteiger partial charge in [-0.05, 0) is 29.8 Å². The number of hydrazone groups is 1. The van der Waals surface area contributed by atoms with Crippen molar-refractivity contribution in [1.29, 1.82) is 0 Å². The Balaban J connectivity index is 1.94. The van der Waals surface area contributed by atoms with Gasteiger partial charge in [-0.3, -0.25) is 4.79 Å². The van der Waals surface area contributed by atoms with E-state index in [1.807, 2.05) is 6.07 Å². The Morgan fingerprint density at radius 1 is 1.11 bits per heavy atom. The van der Waals surface area contributed by atoms with Crippen LogP contribution in [0.5, 0.6) is 17.2 Å². The Hall–Kier alpha value is -3.26. The van der Waals surface area contributed by atoms with Crippen LogP contribution in [-0.2, 0) is 14.3 Å². The van der Waals surface area contributed by atoms with Gasteiger partial charge in [0.15, 0.2) is 24.7 Å². The molecule has 0 aliphatic rings. The Bertz CT molecular complexity index is 842. The molecule has 2 aromatic carbocycles. The lowest BCUT2D eigenvalue weighted by Crippen LogP contribution is -2.24. The van der Waals surface area contributed by atoms with Crippen LogP contribution in [0.2, 0.25) is 5.02 Å². The van der Waals surface area contributed by atoms with E-state index >= 15 is 0 Å². The predicted octanol–water partition coefficient (Wildman–Crippen LogP) is 2.43. The smallest absolute Gasteiger partial charge is 0.343 e. The van der Waals surface area contributed by atoms with Crippen LogP contribution in [0.4, 0.5) is 0 Å². The number of methoxy groups -OCH3 is 2. The van der Waals surface area contributed by atoms with Gasteiger partial charge >= 0.3 is 5.97 Å². The van der Waals surface area contributed by atoms with E-state index in [1.54, 1.807) is 36.4 Å². The highest BCUT2D eigenvalue weighted by Crippen LogP contribution is 2.36. The number of benzene rings is 2. The maximum Gasteiger partial charge on any atom is 0.343 e. The monoisotopic (exact) mass is 406 g/mol. The number of carbonyl (C=O) groups is 2. The van der Waals surface area contributed by atoms with Gasteiger partial charge in [0, 0.05) is 0 Å². The fraction of sp³-hybridized carbons (Fsp3) is 0.211. The van der Waals surface area contributed by atoms with Crippen LogP contribution in [0, 0.1) is 0 Å². The summed E-state index contributed by atoms with van der Waals surface area (Å²) < 4.78 is 20.4. The van der Waals surface area contributed by atoms with E-state index < -0.39 is 11.9 Å². The van der Waals surface area contributed by atoms with Gasteiger partial charge < -0.3 is 18.9 Å². The Labute approximate surface area is 167 Å². The normalized spacial score (nSPS) is 10.4. The summed E-state index contributed by atoms with van der Waals surface area (Å²) in [5.74, 6) is 0.115. The molecule has 0 spiro atoms. The lowest BCUT2D eigenvalue weighted by molar-refractivity contribution is -0.142. The van der Waals surface area contributed by atoms with Crippen LogP contribution < -0.4 is 19.6 Å². The summed E-state index contributed by atoms with van der Waals surface area (Å²) in [5.41, 5.74) is 2.90. The minimum Gasteiger partial charge on any atom is -0.493 e. The molecular formula is C19H19ClN2O6. The van der Waals surface area contributed by atoms with Crippen molar-refractivity contribution in [3.8, 4) is 17.2 Å². The molecule has 0 aromatic heterocycles. The molecule has 0 aliphatic carbocycles. The Kier molecular flexibility index (Phi) is 8.11. The van der Waals surface area contributed by atoms with Crippen molar-refractivity contribution < 1.29 is 28.5 Å². The molecule has 1 N–H and O–H groups in total. The fourth-order valence-corrected chi connectivity index (χ4v) is 2.29. The molecule has 0 saturated carbocycles. The third kappa shape index (κ3) is 6.48. The first kappa shape index (κ1) is 21.0. The number of ether oxygens (including phenoxy) is 4. The number of nitrogens with one attached hydrogen (secondary N) is 1. The average molecular weight is 407 g/mol. The van der Waals surface area contributed by atoms with E-state index in [4.69, 9.17) is 25.8 Å². The molecule has 0 fully saturated rings. The van der Waals surface area contributed by atoms with Crippen LogP contribution in [0.3, 0.4) is 0 Å². The summed E-state index contributed by atoms with van der Waals surface area (Å²) in [5, 5.41) is 4.07. The molecule has 0 bridgehead atoms. The van der Waals surface area contributed by atoms with E-state index in [2.05, 4.69) is 15.3 Å². The molecule has 2 rings (SSSR count). The van der Waals surface area contributed by atoms with Crippen LogP contribution in [0.25, 0.3) is 0 Å². The van der Waals surface area contributed by atoms with E-state index in [0.717, 1.165) is 0 Å². The van der Waals surface area contributed by atoms with Gasteiger partial charge in [-0.15, -0.1) is 0 Å². The van der Waals surface area contributed by atoms with E-state index in [-0.39, 0.29) is 24.0 Å². The largest absolute Gasteiger partial charge is 0.493 e. The molecule has 8 nitrogen and oxygen atoms in total. The summed E-state index contributed by atoms with van der Waals surface area (Å²) >= 11 is 6.17. The molecule has 28 heavy (non-hydrogen) atoms. The lowest BCUT2D eigenvalue weighted by Gasteiger charge is -2.12. The zero-order valence-corrected chi connectivity index (χ0v) is 16.1. The zero-order valence-electron chi connectivity index (χ0n) is 15.3. The maximum absolute atomic E-state index is 11.8. The second-order valence-corrected chi connectivity index (χ2v) is 5.70. The number of rotatable bonds is 9. The molecular weight excluding hydrogens is 388 g/mol. The molecule has 0 unspecified atom stereocenters. The van der Waals surface area contributed by atoms with Gasteiger partial charge in [-0.25, -0.2) is 10.2 Å². The van der Waals surface area contributed by atoms with Gasteiger partial charge in [0.25, 0.3) is 5.91 Å². The first-order valence-electron chi connectivity index (χ1n) is 8.10. The third-order valence-electron chi connectivity index (χ3n) is 3.33. The van der Waals surface area contributed by atoms with Gasteiger partial charge in [0.2, 0.25) is 0 Å². The standard InChI is InChI=1S/C19H19ClN2O6/c1-25-16-9-13(8-15(20)19(16)28-12-18(24)26-2)10-21-22-17(23)11-27-14-6-4-3-5-7-14/h3-10H,11-12H2,1-2H3,(H,22,23)/b21-10-. The van der Waals surface area contributed by atoms with Crippen LogP contribution in [0.15, 0.2) is 47.6 Å². The first-order chi connectivity index (χ1) is 13.5. The number of nitrogens with zero attached hydrogens (tertiary/aromatic N) is 1. The molecule has 2 aromatic rings. The van der Waals surface area contributed by atoms with Gasteiger partial charge in [-0.2, -0.15) is 5.10 Å². The first-order valence-corrected chi connectivity index (χ1v) is 8.48. The molecule has 9 heteroatoms. The summed E-state index contributed by atoms with van der Waals surface area (Å²) in [6.07, 6.45) is 1.39. The number of halogens is 1. The average Bonchev–Trinajstić information content (AvgIpc) is 2.71. The highest BCUT2D eigenvalue weighted by Gasteiger charge is 2.13. The molecule has 0 radical (unpaired) electrons. The number of para-hydroxylation sites is 1.